The van der Waals surface area contributed by atoms with Gasteiger partial charge in [0.2, 0.25) is 0 Å². The lowest BCUT2D eigenvalue weighted by molar-refractivity contribution is 0.143. The van der Waals surface area contributed by atoms with Gasteiger partial charge in [-0.2, -0.15) is 0 Å². The molecule has 12 heavy (non-hydrogen) atoms. The summed E-state index contributed by atoms with van der Waals surface area (Å²) in [7, 11) is 0. The fraction of sp³-hybridized carbons (Fsp3) is 0.667. The summed E-state index contributed by atoms with van der Waals surface area (Å²) < 4.78 is 4.97. The van der Waals surface area contributed by atoms with Gasteiger partial charge in [-0.3, -0.25) is 4.90 Å². The van der Waals surface area contributed by atoms with Gasteiger partial charge >= 0.3 is 6.09 Å². The Morgan fingerprint density at radius 1 is 1.75 bits per heavy atom. The van der Waals surface area contributed by atoms with Crippen LogP contribution in [0.2, 0.25) is 0 Å². The summed E-state index contributed by atoms with van der Waals surface area (Å²) >= 11 is 0. The highest BCUT2D eigenvalue weighted by Gasteiger charge is 2.37. The summed E-state index contributed by atoms with van der Waals surface area (Å²) in [5, 5.41) is 0. The van der Waals surface area contributed by atoms with E-state index in [0.717, 1.165) is 12.8 Å². The Hall–Kier alpha value is -0.990. The molecule has 2 heterocycles. The number of carbonyl (C=O) groups is 1. The normalized spacial score (nSPS) is 33.4. The van der Waals surface area contributed by atoms with E-state index in [-0.39, 0.29) is 12.1 Å². The molecule has 3 heteroatoms. The largest absolute Gasteiger partial charge is 0.447 e. The van der Waals surface area contributed by atoms with E-state index in [0.29, 0.717) is 12.6 Å². The van der Waals surface area contributed by atoms with Gasteiger partial charge in [0.1, 0.15) is 6.61 Å². The Morgan fingerprint density at radius 2 is 2.58 bits per heavy atom. The smallest absolute Gasteiger partial charge is 0.410 e. The molecule has 2 aliphatic rings. The highest BCUT2D eigenvalue weighted by Crippen LogP contribution is 2.25. The molecule has 0 aromatic rings. The Labute approximate surface area is 72.0 Å². The predicted molar refractivity (Wildman–Crippen MR) is 44.8 cm³/mol. The van der Waals surface area contributed by atoms with Gasteiger partial charge in [0.05, 0.1) is 6.04 Å². The average molecular weight is 167 g/mol. The van der Waals surface area contributed by atoms with Gasteiger partial charge in [-0.25, -0.2) is 4.79 Å². The van der Waals surface area contributed by atoms with E-state index in [9.17, 15) is 4.79 Å². The summed E-state index contributed by atoms with van der Waals surface area (Å²) in [5.74, 6) is 0. The van der Waals surface area contributed by atoms with Gasteiger partial charge in [-0.15, -0.1) is 0 Å². The van der Waals surface area contributed by atoms with Crippen molar-refractivity contribution in [3.05, 3.63) is 12.2 Å². The highest BCUT2D eigenvalue weighted by atomic mass is 16.6. The van der Waals surface area contributed by atoms with Crippen molar-refractivity contribution >= 4 is 6.09 Å². The summed E-state index contributed by atoms with van der Waals surface area (Å²) in [6.07, 6.45) is 6.06. The van der Waals surface area contributed by atoms with Gasteiger partial charge in [0, 0.05) is 6.04 Å². The quantitative estimate of drug-likeness (QED) is 0.554. The predicted octanol–water partition coefficient (Wildman–Crippen LogP) is 1.55. The van der Waals surface area contributed by atoms with E-state index in [1.807, 2.05) is 4.90 Å². The zero-order valence-corrected chi connectivity index (χ0v) is 7.19. The molecule has 66 valence electrons. The lowest BCUT2D eigenvalue weighted by atomic mass is 10.0. The van der Waals surface area contributed by atoms with Crippen LogP contribution in [0.25, 0.3) is 0 Å². The number of ether oxygens (including phenoxy) is 1. The number of hydrogen-bond donors (Lipinski definition) is 0. The minimum atomic E-state index is -0.142. The van der Waals surface area contributed by atoms with Crippen LogP contribution in [0.3, 0.4) is 0 Å². The molecule has 0 bridgehead atoms. The lowest BCUT2D eigenvalue weighted by Gasteiger charge is -2.30. The molecule has 0 radical (unpaired) electrons. The average Bonchev–Trinajstić information content (AvgIpc) is 2.48. The monoisotopic (exact) mass is 167 g/mol. The van der Waals surface area contributed by atoms with Crippen LogP contribution in [-0.4, -0.2) is 29.7 Å². The fourth-order valence-corrected chi connectivity index (χ4v) is 1.88. The number of carbonyl (C=O) groups excluding carboxylic acids is 1. The van der Waals surface area contributed by atoms with Gasteiger partial charge < -0.3 is 4.74 Å². The molecule has 0 unspecified atom stereocenters. The summed E-state index contributed by atoms with van der Waals surface area (Å²) in [6.45, 7) is 2.64. The van der Waals surface area contributed by atoms with Gasteiger partial charge in [-0.1, -0.05) is 19.1 Å². The molecule has 0 aromatic carbocycles. The van der Waals surface area contributed by atoms with Crippen LogP contribution in [-0.2, 0) is 4.74 Å². The second-order valence-corrected chi connectivity index (χ2v) is 3.28. The first-order valence-electron chi connectivity index (χ1n) is 4.44. The van der Waals surface area contributed by atoms with E-state index in [1.54, 1.807) is 0 Å². The topological polar surface area (TPSA) is 29.5 Å². The van der Waals surface area contributed by atoms with Crippen LogP contribution in [0.4, 0.5) is 4.79 Å². The molecule has 1 saturated heterocycles. The van der Waals surface area contributed by atoms with Crippen molar-refractivity contribution in [2.24, 2.45) is 0 Å². The zero-order valence-electron chi connectivity index (χ0n) is 7.19. The number of hydrogen-bond acceptors (Lipinski definition) is 2. The Kier molecular flexibility index (Phi) is 1.79. The first-order valence-corrected chi connectivity index (χ1v) is 4.44. The van der Waals surface area contributed by atoms with E-state index < -0.39 is 0 Å². The second-order valence-electron chi connectivity index (χ2n) is 3.28. The first-order chi connectivity index (χ1) is 5.83. The maximum absolute atomic E-state index is 11.2. The highest BCUT2D eigenvalue weighted by molar-refractivity contribution is 5.71. The number of cyclic esters (lactones) is 1. The van der Waals surface area contributed by atoms with Crippen molar-refractivity contribution in [2.75, 3.05) is 6.61 Å². The standard InChI is InChI=1S/C9H13NO2/c1-2-7-4-3-5-8-6-12-9(11)10(7)8/h3,5,7-8H,2,4,6H2,1H3/t7-,8-/m0/s1. The lowest BCUT2D eigenvalue weighted by Crippen LogP contribution is -2.42. The van der Waals surface area contributed by atoms with Gasteiger partial charge in [0.25, 0.3) is 0 Å². The summed E-state index contributed by atoms with van der Waals surface area (Å²) in [5.41, 5.74) is 0. The number of fused-ring (bicyclic) bond motifs is 1. The molecule has 3 nitrogen and oxygen atoms in total. The van der Waals surface area contributed by atoms with Crippen LogP contribution in [0, 0.1) is 0 Å². The molecule has 2 atom stereocenters. The third-order valence-electron chi connectivity index (χ3n) is 2.58. The fourth-order valence-electron chi connectivity index (χ4n) is 1.88. The number of amides is 1. The van der Waals surface area contributed by atoms with E-state index in [1.165, 1.54) is 0 Å². The molecular weight excluding hydrogens is 154 g/mol. The Bertz CT molecular complexity index is 225. The number of rotatable bonds is 1. The third kappa shape index (κ3) is 1.00. The summed E-state index contributed by atoms with van der Waals surface area (Å²) in [6, 6.07) is 0.561. The minimum absolute atomic E-state index is 0.142. The maximum atomic E-state index is 11.2. The van der Waals surface area contributed by atoms with Crippen LogP contribution in [0.5, 0.6) is 0 Å². The van der Waals surface area contributed by atoms with E-state index in [2.05, 4.69) is 19.1 Å². The minimum Gasteiger partial charge on any atom is -0.447 e. The summed E-state index contributed by atoms with van der Waals surface area (Å²) in [4.78, 5) is 13.1. The van der Waals surface area contributed by atoms with Crippen LogP contribution < -0.4 is 0 Å². The van der Waals surface area contributed by atoms with Gasteiger partial charge in [0.15, 0.2) is 0 Å². The van der Waals surface area contributed by atoms with Crippen molar-refractivity contribution in [3.8, 4) is 0 Å². The van der Waals surface area contributed by atoms with Crippen molar-refractivity contribution < 1.29 is 9.53 Å². The third-order valence-corrected chi connectivity index (χ3v) is 2.58. The van der Waals surface area contributed by atoms with Crippen LogP contribution in [0.1, 0.15) is 19.8 Å². The molecule has 0 N–H and O–H groups in total. The first kappa shape index (κ1) is 7.65. The maximum Gasteiger partial charge on any atom is 0.410 e. The second kappa shape index (κ2) is 2.81. The molecule has 0 aromatic heterocycles. The molecule has 0 aliphatic carbocycles. The van der Waals surface area contributed by atoms with E-state index >= 15 is 0 Å². The Morgan fingerprint density at radius 3 is 3.33 bits per heavy atom. The molecule has 0 saturated carbocycles. The molecule has 1 amide bonds. The van der Waals surface area contributed by atoms with Crippen LogP contribution >= 0.6 is 0 Å². The Balaban J connectivity index is 2.20. The molecule has 2 rings (SSSR count). The SMILES string of the molecule is CC[C@H]1CC=C[C@H]2COC(=O)N12. The molecule has 2 aliphatic heterocycles. The number of nitrogens with zero attached hydrogens (tertiary/aromatic N) is 1. The van der Waals surface area contributed by atoms with Gasteiger partial charge in [-0.05, 0) is 12.8 Å². The van der Waals surface area contributed by atoms with Crippen molar-refractivity contribution in [1.82, 2.24) is 4.90 Å². The molecular formula is C9H13NO2. The van der Waals surface area contributed by atoms with Crippen molar-refractivity contribution in [2.45, 2.75) is 31.8 Å². The van der Waals surface area contributed by atoms with Crippen molar-refractivity contribution in [3.63, 3.8) is 0 Å². The van der Waals surface area contributed by atoms with E-state index in [4.69, 9.17) is 4.74 Å². The molecule has 0 spiro atoms. The van der Waals surface area contributed by atoms with Crippen molar-refractivity contribution in [1.29, 1.82) is 0 Å². The zero-order chi connectivity index (χ0) is 8.55. The molecule has 1 fully saturated rings. The van der Waals surface area contributed by atoms with Crippen LogP contribution in [0.15, 0.2) is 12.2 Å².